The van der Waals surface area contributed by atoms with Crippen LogP contribution in [-0.4, -0.2) is 18.4 Å². The molecule has 3 nitrogen and oxygen atoms in total. The van der Waals surface area contributed by atoms with Gasteiger partial charge in [-0.3, -0.25) is 0 Å². The average Bonchev–Trinajstić information content (AvgIpc) is 2.34. The zero-order valence-electron chi connectivity index (χ0n) is 7.12. The lowest BCUT2D eigenvalue weighted by molar-refractivity contribution is 0.0356. The predicted octanol–water partition coefficient (Wildman–Crippen LogP) is 0.578. The number of rotatable bonds is 3. The van der Waals surface area contributed by atoms with Gasteiger partial charge < -0.3 is 16.2 Å². The van der Waals surface area contributed by atoms with E-state index < -0.39 is 0 Å². The molecule has 2 atom stereocenters. The highest BCUT2D eigenvalue weighted by Gasteiger charge is 2.24. The topological polar surface area (TPSA) is 61.3 Å². The first-order valence-corrected chi connectivity index (χ1v) is 4.39. The Morgan fingerprint density at radius 3 is 2.45 bits per heavy atom. The molecule has 1 rings (SSSR count). The Kier molecular flexibility index (Phi) is 3.30. The van der Waals surface area contributed by atoms with Crippen LogP contribution in [0, 0.1) is 0 Å². The fourth-order valence-corrected chi connectivity index (χ4v) is 1.56. The van der Waals surface area contributed by atoms with Crippen molar-refractivity contribution in [1.29, 1.82) is 0 Å². The highest BCUT2D eigenvalue weighted by atomic mass is 16.5. The molecule has 2 unspecified atom stereocenters. The molecular weight excluding hydrogens is 140 g/mol. The van der Waals surface area contributed by atoms with Gasteiger partial charge in [-0.05, 0) is 19.3 Å². The minimum absolute atomic E-state index is 0.212. The van der Waals surface area contributed by atoms with Crippen LogP contribution >= 0.6 is 0 Å². The summed E-state index contributed by atoms with van der Waals surface area (Å²) in [4.78, 5) is 0. The van der Waals surface area contributed by atoms with Gasteiger partial charge in [0.1, 0.15) is 0 Å². The van der Waals surface area contributed by atoms with Gasteiger partial charge in [-0.1, -0.05) is 6.92 Å². The molecule has 66 valence electrons. The second-order valence-electron chi connectivity index (χ2n) is 3.27. The zero-order chi connectivity index (χ0) is 8.27. The second-order valence-corrected chi connectivity index (χ2v) is 3.27. The summed E-state index contributed by atoms with van der Waals surface area (Å²) in [7, 11) is 0. The molecule has 1 aliphatic rings. The minimum Gasteiger partial charge on any atom is -0.375 e. The Bertz CT molecular complexity index is 117. The van der Waals surface area contributed by atoms with E-state index in [0.29, 0.717) is 12.2 Å². The lowest BCUT2D eigenvalue weighted by Gasteiger charge is -2.13. The number of hydrogen-bond acceptors (Lipinski definition) is 3. The molecule has 0 spiro atoms. The van der Waals surface area contributed by atoms with Crippen molar-refractivity contribution in [2.45, 2.75) is 51.0 Å². The molecule has 0 aromatic heterocycles. The monoisotopic (exact) mass is 158 g/mol. The van der Waals surface area contributed by atoms with E-state index in [4.69, 9.17) is 16.2 Å². The maximum Gasteiger partial charge on any atom is 0.0607 e. The maximum absolute atomic E-state index is 5.66. The van der Waals surface area contributed by atoms with E-state index in [9.17, 15) is 0 Å². The van der Waals surface area contributed by atoms with E-state index in [0.717, 1.165) is 19.3 Å². The normalized spacial score (nSPS) is 31.6. The van der Waals surface area contributed by atoms with Crippen LogP contribution in [-0.2, 0) is 4.74 Å². The Balaban J connectivity index is 2.19. The third-order valence-corrected chi connectivity index (χ3v) is 2.19. The molecule has 3 heteroatoms. The molecule has 0 aromatic carbocycles. The summed E-state index contributed by atoms with van der Waals surface area (Å²) in [6.07, 6.45) is 4.78. The molecule has 0 bridgehead atoms. The number of hydrogen-bond donors (Lipinski definition) is 2. The van der Waals surface area contributed by atoms with Crippen LogP contribution in [0.4, 0.5) is 0 Å². The predicted molar refractivity (Wildman–Crippen MR) is 45.0 cm³/mol. The van der Waals surface area contributed by atoms with Crippen molar-refractivity contribution in [3.05, 3.63) is 0 Å². The number of nitrogens with two attached hydrogens (primary N) is 2. The molecule has 1 saturated heterocycles. The van der Waals surface area contributed by atoms with Gasteiger partial charge in [0.25, 0.3) is 0 Å². The van der Waals surface area contributed by atoms with E-state index in [-0.39, 0.29) is 6.17 Å². The van der Waals surface area contributed by atoms with Crippen molar-refractivity contribution in [3.8, 4) is 0 Å². The first kappa shape index (κ1) is 8.97. The smallest absolute Gasteiger partial charge is 0.0607 e. The summed E-state index contributed by atoms with van der Waals surface area (Å²) in [5.41, 5.74) is 10.9. The van der Waals surface area contributed by atoms with Crippen molar-refractivity contribution < 1.29 is 4.74 Å². The van der Waals surface area contributed by atoms with Crippen molar-refractivity contribution >= 4 is 0 Å². The third-order valence-electron chi connectivity index (χ3n) is 2.19. The Labute approximate surface area is 68.1 Å². The highest BCUT2D eigenvalue weighted by Crippen LogP contribution is 2.23. The standard InChI is InChI=1S/C8H18N2O/c1-2-6-3-4-7(11-6)5-8(9)10/h6-8H,2-5,9-10H2,1H3. The highest BCUT2D eigenvalue weighted by molar-refractivity contribution is 4.74. The molecule has 1 aliphatic heterocycles. The van der Waals surface area contributed by atoms with Crippen LogP contribution in [0.3, 0.4) is 0 Å². The summed E-state index contributed by atoms with van der Waals surface area (Å²) in [6.45, 7) is 2.15. The molecule has 0 aromatic rings. The van der Waals surface area contributed by atoms with E-state index in [1.54, 1.807) is 0 Å². The van der Waals surface area contributed by atoms with Crippen LogP contribution < -0.4 is 11.5 Å². The largest absolute Gasteiger partial charge is 0.375 e. The molecule has 0 radical (unpaired) electrons. The summed E-state index contributed by atoms with van der Waals surface area (Å²) in [6, 6.07) is 0. The van der Waals surface area contributed by atoms with E-state index >= 15 is 0 Å². The second kappa shape index (κ2) is 4.04. The SMILES string of the molecule is CCC1CCC(CC(N)N)O1. The molecule has 0 saturated carbocycles. The molecule has 1 fully saturated rings. The van der Waals surface area contributed by atoms with Crippen LogP contribution in [0.5, 0.6) is 0 Å². The fraction of sp³-hybridized carbons (Fsp3) is 1.00. The molecular formula is C8H18N2O. The maximum atomic E-state index is 5.66. The van der Waals surface area contributed by atoms with E-state index in [1.807, 2.05) is 0 Å². The lowest BCUT2D eigenvalue weighted by atomic mass is 10.1. The van der Waals surface area contributed by atoms with Crippen LogP contribution in [0.25, 0.3) is 0 Å². The van der Waals surface area contributed by atoms with Crippen molar-refractivity contribution in [1.82, 2.24) is 0 Å². The van der Waals surface area contributed by atoms with Gasteiger partial charge in [0, 0.05) is 6.42 Å². The summed E-state index contributed by atoms with van der Waals surface area (Å²) < 4.78 is 5.66. The fourth-order valence-electron chi connectivity index (χ4n) is 1.56. The van der Waals surface area contributed by atoms with Crippen molar-refractivity contribution in [3.63, 3.8) is 0 Å². The van der Waals surface area contributed by atoms with Crippen molar-refractivity contribution in [2.24, 2.45) is 11.5 Å². The van der Waals surface area contributed by atoms with Crippen LogP contribution in [0.15, 0.2) is 0 Å². The van der Waals surface area contributed by atoms with Crippen LogP contribution in [0.1, 0.15) is 32.6 Å². The van der Waals surface area contributed by atoms with Gasteiger partial charge in [0.2, 0.25) is 0 Å². The lowest BCUT2D eigenvalue weighted by Crippen LogP contribution is -2.34. The Morgan fingerprint density at radius 1 is 1.36 bits per heavy atom. The van der Waals surface area contributed by atoms with Gasteiger partial charge >= 0.3 is 0 Å². The molecule has 0 aliphatic carbocycles. The van der Waals surface area contributed by atoms with Crippen LogP contribution in [0.2, 0.25) is 0 Å². The quantitative estimate of drug-likeness (QED) is 0.590. The molecule has 4 N–H and O–H groups in total. The van der Waals surface area contributed by atoms with Gasteiger partial charge in [-0.2, -0.15) is 0 Å². The van der Waals surface area contributed by atoms with Gasteiger partial charge in [-0.15, -0.1) is 0 Å². The van der Waals surface area contributed by atoms with Crippen molar-refractivity contribution in [2.75, 3.05) is 0 Å². The van der Waals surface area contributed by atoms with Gasteiger partial charge in [-0.25, -0.2) is 0 Å². The zero-order valence-corrected chi connectivity index (χ0v) is 7.12. The summed E-state index contributed by atoms with van der Waals surface area (Å²) >= 11 is 0. The van der Waals surface area contributed by atoms with E-state index in [2.05, 4.69) is 6.92 Å². The van der Waals surface area contributed by atoms with Gasteiger partial charge in [0.15, 0.2) is 0 Å². The van der Waals surface area contributed by atoms with E-state index in [1.165, 1.54) is 6.42 Å². The average molecular weight is 158 g/mol. The number of ether oxygens (including phenoxy) is 1. The first-order valence-electron chi connectivity index (χ1n) is 4.39. The first-order chi connectivity index (χ1) is 5.22. The summed E-state index contributed by atoms with van der Waals surface area (Å²) in [5, 5.41) is 0. The minimum atomic E-state index is -0.212. The van der Waals surface area contributed by atoms with Gasteiger partial charge in [0.05, 0.1) is 18.4 Å². The molecule has 1 heterocycles. The molecule has 11 heavy (non-hydrogen) atoms. The third kappa shape index (κ3) is 2.77. The summed E-state index contributed by atoms with van der Waals surface area (Å²) in [5.74, 6) is 0. The Morgan fingerprint density at radius 2 is 2.00 bits per heavy atom. The molecule has 0 amide bonds. The Hall–Kier alpha value is -0.120.